The Kier molecular flexibility index (Phi) is 4.55. The zero-order chi connectivity index (χ0) is 7.98. The Balaban J connectivity index is 3.64. The quantitative estimate of drug-likeness (QED) is 0.431. The maximum atomic E-state index is 10.9. The molecule has 0 saturated heterocycles. The number of hydrogen-bond donors (Lipinski definition) is 0. The van der Waals surface area contributed by atoms with Crippen molar-refractivity contribution in [1.29, 1.82) is 0 Å². The largest absolute Gasteiger partial charge is 0.295 e. The van der Waals surface area contributed by atoms with Gasteiger partial charge in [0.1, 0.15) is 0 Å². The van der Waals surface area contributed by atoms with E-state index in [1.165, 1.54) is 0 Å². The van der Waals surface area contributed by atoms with E-state index in [0.717, 1.165) is 12.0 Å². The van der Waals surface area contributed by atoms with Crippen molar-refractivity contribution in [2.24, 2.45) is 0 Å². The van der Waals surface area contributed by atoms with E-state index in [-0.39, 0.29) is 5.78 Å². The highest BCUT2D eigenvalue weighted by atomic mass is 16.1. The summed E-state index contributed by atoms with van der Waals surface area (Å²) in [4.78, 5) is 10.9. The summed E-state index contributed by atoms with van der Waals surface area (Å²) in [5, 5.41) is 0. The number of carbonyl (C=O) groups is 1. The summed E-state index contributed by atoms with van der Waals surface area (Å²) in [5.74, 6) is 0.148. The van der Waals surface area contributed by atoms with Gasteiger partial charge in [-0.05, 0) is 19.4 Å². The lowest BCUT2D eigenvalue weighted by Gasteiger charge is -1.90. The molecular weight excluding hydrogens is 124 g/mol. The summed E-state index contributed by atoms with van der Waals surface area (Å²) in [6.45, 7) is 7.51. The van der Waals surface area contributed by atoms with E-state index in [9.17, 15) is 4.79 Å². The number of allylic oxidation sites excluding steroid dienone is 3. The van der Waals surface area contributed by atoms with Crippen LogP contribution in [0.25, 0.3) is 0 Å². The van der Waals surface area contributed by atoms with Crippen molar-refractivity contribution in [3.63, 3.8) is 0 Å². The van der Waals surface area contributed by atoms with Crippen LogP contribution in [0.1, 0.15) is 26.7 Å². The smallest absolute Gasteiger partial charge is 0.159 e. The molecule has 0 fully saturated rings. The zero-order valence-electron chi connectivity index (χ0n) is 6.68. The summed E-state index contributed by atoms with van der Waals surface area (Å²) in [6, 6.07) is 0. The highest BCUT2D eigenvalue weighted by molar-refractivity contribution is 5.91. The fraction of sp³-hybridized carbons (Fsp3) is 0.444. The summed E-state index contributed by atoms with van der Waals surface area (Å²) >= 11 is 0. The summed E-state index contributed by atoms with van der Waals surface area (Å²) in [7, 11) is 0. The third-order valence-corrected chi connectivity index (χ3v) is 1.02. The summed E-state index contributed by atoms with van der Waals surface area (Å²) < 4.78 is 0. The Morgan fingerprint density at radius 1 is 1.60 bits per heavy atom. The van der Waals surface area contributed by atoms with Gasteiger partial charge in [0, 0.05) is 6.42 Å². The molecule has 0 aliphatic carbocycles. The third-order valence-electron chi connectivity index (χ3n) is 1.02. The van der Waals surface area contributed by atoms with Crippen LogP contribution < -0.4 is 0 Å². The highest BCUT2D eigenvalue weighted by Crippen LogP contribution is 1.97. The van der Waals surface area contributed by atoms with Gasteiger partial charge >= 0.3 is 0 Å². The molecule has 0 N–H and O–H groups in total. The van der Waals surface area contributed by atoms with Crippen LogP contribution in [0, 0.1) is 0 Å². The molecule has 0 amide bonds. The molecule has 0 rings (SSSR count). The lowest BCUT2D eigenvalue weighted by atomic mass is 10.1. The van der Waals surface area contributed by atoms with Crippen molar-refractivity contribution in [1.82, 2.24) is 0 Å². The molecule has 56 valence electrons. The molecule has 10 heavy (non-hydrogen) atoms. The Morgan fingerprint density at radius 2 is 2.20 bits per heavy atom. The van der Waals surface area contributed by atoms with E-state index in [4.69, 9.17) is 0 Å². The van der Waals surface area contributed by atoms with Crippen LogP contribution in [-0.4, -0.2) is 5.78 Å². The molecule has 0 aliphatic heterocycles. The molecule has 1 heteroatoms. The number of carbonyl (C=O) groups excluding carboxylic acids is 1. The standard InChI is InChI=1S/C9H14O/c1-4-5-6-9(10)7-8(2)3/h5-6H,2,4,7H2,1,3H3/b6-5+. The van der Waals surface area contributed by atoms with Crippen molar-refractivity contribution in [2.45, 2.75) is 26.7 Å². The first-order chi connectivity index (χ1) is 4.66. The van der Waals surface area contributed by atoms with Gasteiger partial charge in [0.15, 0.2) is 5.78 Å². The first-order valence-electron chi connectivity index (χ1n) is 3.50. The minimum Gasteiger partial charge on any atom is -0.295 e. The Labute approximate surface area is 62.4 Å². The number of ketones is 1. The van der Waals surface area contributed by atoms with Gasteiger partial charge in [0.2, 0.25) is 0 Å². The summed E-state index contributed by atoms with van der Waals surface area (Å²) in [6.07, 6.45) is 4.89. The van der Waals surface area contributed by atoms with Crippen LogP contribution in [0.15, 0.2) is 24.3 Å². The highest BCUT2D eigenvalue weighted by Gasteiger charge is 1.93. The molecule has 1 nitrogen and oxygen atoms in total. The minimum absolute atomic E-state index is 0.148. The average Bonchev–Trinajstić information content (AvgIpc) is 1.82. The van der Waals surface area contributed by atoms with Gasteiger partial charge in [-0.2, -0.15) is 0 Å². The second-order valence-electron chi connectivity index (χ2n) is 2.41. The van der Waals surface area contributed by atoms with Crippen LogP contribution >= 0.6 is 0 Å². The van der Waals surface area contributed by atoms with Gasteiger partial charge in [-0.3, -0.25) is 4.79 Å². The van der Waals surface area contributed by atoms with E-state index in [1.807, 2.05) is 19.9 Å². The fourth-order valence-corrected chi connectivity index (χ4v) is 0.606. The van der Waals surface area contributed by atoms with E-state index in [2.05, 4.69) is 6.58 Å². The SMILES string of the molecule is C=C(C)CC(=O)/C=C/CC. The van der Waals surface area contributed by atoms with Crippen LogP contribution in [0.2, 0.25) is 0 Å². The van der Waals surface area contributed by atoms with Gasteiger partial charge in [0.05, 0.1) is 0 Å². The van der Waals surface area contributed by atoms with E-state index >= 15 is 0 Å². The predicted molar refractivity (Wildman–Crippen MR) is 43.9 cm³/mol. The molecule has 0 heterocycles. The van der Waals surface area contributed by atoms with E-state index < -0.39 is 0 Å². The molecule has 0 atom stereocenters. The van der Waals surface area contributed by atoms with E-state index in [0.29, 0.717) is 6.42 Å². The molecule has 0 spiro atoms. The monoisotopic (exact) mass is 138 g/mol. The molecule has 0 unspecified atom stereocenters. The van der Waals surface area contributed by atoms with Gasteiger partial charge in [-0.1, -0.05) is 25.2 Å². The average molecular weight is 138 g/mol. The Morgan fingerprint density at radius 3 is 2.60 bits per heavy atom. The topological polar surface area (TPSA) is 17.1 Å². The van der Waals surface area contributed by atoms with Crippen molar-refractivity contribution in [3.05, 3.63) is 24.3 Å². The molecule has 0 aromatic carbocycles. The van der Waals surface area contributed by atoms with Gasteiger partial charge < -0.3 is 0 Å². The van der Waals surface area contributed by atoms with E-state index in [1.54, 1.807) is 6.08 Å². The molecule has 0 saturated carbocycles. The molecule has 0 aromatic heterocycles. The lowest BCUT2D eigenvalue weighted by molar-refractivity contribution is -0.114. The van der Waals surface area contributed by atoms with Gasteiger partial charge in [-0.25, -0.2) is 0 Å². The van der Waals surface area contributed by atoms with Crippen molar-refractivity contribution >= 4 is 5.78 Å². The Hall–Kier alpha value is -0.850. The minimum atomic E-state index is 0.148. The van der Waals surface area contributed by atoms with Crippen molar-refractivity contribution < 1.29 is 4.79 Å². The maximum Gasteiger partial charge on any atom is 0.159 e. The fourth-order valence-electron chi connectivity index (χ4n) is 0.606. The normalized spacial score (nSPS) is 10.2. The molecule has 0 radical (unpaired) electrons. The number of hydrogen-bond acceptors (Lipinski definition) is 1. The van der Waals surface area contributed by atoms with Crippen LogP contribution in [-0.2, 0) is 4.79 Å². The first-order valence-corrected chi connectivity index (χ1v) is 3.50. The molecule has 0 bridgehead atoms. The second-order valence-corrected chi connectivity index (χ2v) is 2.41. The van der Waals surface area contributed by atoms with Crippen molar-refractivity contribution in [3.8, 4) is 0 Å². The predicted octanol–water partition coefficient (Wildman–Crippen LogP) is 2.49. The van der Waals surface area contributed by atoms with Gasteiger partial charge in [0.25, 0.3) is 0 Å². The molecule has 0 aromatic rings. The first kappa shape index (κ1) is 9.15. The second kappa shape index (κ2) is 4.98. The van der Waals surface area contributed by atoms with Crippen LogP contribution in [0.3, 0.4) is 0 Å². The van der Waals surface area contributed by atoms with Crippen LogP contribution in [0.5, 0.6) is 0 Å². The maximum absolute atomic E-state index is 10.9. The Bertz CT molecular complexity index is 154. The molecular formula is C9H14O. The third kappa shape index (κ3) is 5.29. The van der Waals surface area contributed by atoms with Crippen molar-refractivity contribution in [2.75, 3.05) is 0 Å². The lowest BCUT2D eigenvalue weighted by Crippen LogP contribution is -1.91. The molecule has 0 aliphatic rings. The van der Waals surface area contributed by atoms with Gasteiger partial charge in [-0.15, -0.1) is 0 Å². The number of rotatable bonds is 4. The summed E-state index contributed by atoms with van der Waals surface area (Å²) in [5.41, 5.74) is 0.922. The zero-order valence-corrected chi connectivity index (χ0v) is 6.68. The van der Waals surface area contributed by atoms with Crippen LogP contribution in [0.4, 0.5) is 0 Å².